The number of anilines is 1. The summed E-state index contributed by atoms with van der Waals surface area (Å²) < 4.78 is 27.4. The van der Waals surface area contributed by atoms with Gasteiger partial charge in [0.25, 0.3) is 0 Å². The van der Waals surface area contributed by atoms with E-state index in [9.17, 15) is 23.3 Å². The molecule has 1 aromatic carbocycles. The minimum Gasteiger partial charge on any atom is -0.302 e. The molecule has 0 fully saturated rings. The number of sulfonamides is 1. The van der Waals surface area contributed by atoms with Crippen molar-refractivity contribution in [1.29, 1.82) is 0 Å². The molecule has 1 amide bonds. The third kappa shape index (κ3) is 6.12. The lowest BCUT2D eigenvalue weighted by atomic mass is 10.2. The quantitative estimate of drug-likeness (QED) is 0.334. The van der Waals surface area contributed by atoms with Crippen molar-refractivity contribution in [2.45, 2.75) is 24.2 Å². The van der Waals surface area contributed by atoms with Crippen LogP contribution >= 0.6 is 27.3 Å². The molecule has 1 aromatic heterocycles. The summed E-state index contributed by atoms with van der Waals surface area (Å²) in [6, 6.07) is 6.36. The molecule has 0 bridgehead atoms. The van der Waals surface area contributed by atoms with Gasteiger partial charge < -0.3 is 5.32 Å². The molecule has 0 aliphatic carbocycles. The third-order valence-electron chi connectivity index (χ3n) is 3.15. The Morgan fingerprint density at radius 3 is 2.77 bits per heavy atom. The summed E-state index contributed by atoms with van der Waals surface area (Å²) >= 11 is 4.00. The predicted octanol–water partition coefficient (Wildman–Crippen LogP) is 2.90. The van der Waals surface area contributed by atoms with Gasteiger partial charge in [-0.2, -0.15) is 0 Å². The molecule has 0 radical (unpaired) electrons. The molecule has 1 heterocycles. The molecule has 140 valence electrons. The number of nitrogens with one attached hydrogen (secondary N) is 2. The Hall–Kier alpha value is -1.89. The third-order valence-corrected chi connectivity index (χ3v) is 5.97. The maximum Gasteiger partial charge on any atom is 0.345 e. The highest BCUT2D eigenvalue weighted by atomic mass is 79.9. The van der Waals surface area contributed by atoms with E-state index in [0.717, 1.165) is 17.5 Å². The Bertz CT molecular complexity index is 900. The highest BCUT2D eigenvalue weighted by molar-refractivity contribution is 9.10. The molecule has 0 saturated heterocycles. The van der Waals surface area contributed by atoms with E-state index in [1.807, 2.05) is 0 Å². The molecular formula is C14H15BrN4O5S2. The van der Waals surface area contributed by atoms with Crippen molar-refractivity contribution in [2.24, 2.45) is 0 Å². The second-order valence-electron chi connectivity index (χ2n) is 5.12. The molecule has 0 saturated carbocycles. The topological polar surface area (TPSA) is 131 Å². The normalized spacial score (nSPS) is 11.3. The van der Waals surface area contributed by atoms with Crippen LogP contribution < -0.4 is 10.0 Å². The first-order valence-corrected chi connectivity index (χ1v) is 10.5. The molecule has 12 heteroatoms. The lowest BCUT2D eigenvalue weighted by molar-refractivity contribution is -0.380. The summed E-state index contributed by atoms with van der Waals surface area (Å²) in [4.78, 5) is 25.6. The van der Waals surface area contributed by atoms with Crippen LogP contribution in [0.25, 0.3) is 0 Å². The fourth-order valence-electron chi connectivity index (χ4n) is 1.92. The van der Waals surface area contributed by atoms with Gasteiger partial charge in [-0.1, -0.05) is 22.0 Å². The Morgan fingerprint density at radius 1 is 1.35 bits per heavy atom. The van der Waals surface area contributed by atoms with Gasteiger partial charge in [-0.3, -0.25) is 14.9 Å². The number of nitrogens with zero attached hydrogens (tertiary/aromatic N) is 2. The summed E-state index contributed by atoms with van der Waals surface area (Å²) in [7, 11) is -3.59. The number of unbranched alkanes of at least 4 members (excludes halogenated alkanes) is 1. The SMILES string of the molecule is O=C(CCCCNS(=O)(=O)c1cccc(Br)c1)Nc1ncc([N+](=O)[O-])s1. The number of benzene rings is 1. The molecule has 0 aliphatic heterocycles. The van der Waals surface area contributed by atoms with Crippen molar-refractivity contribution in [3.63, 3.8) is 0 Å². The van der Waals surface area contributed by atoms with Crippen molar-refractivity contribution >= 4 is 53.3 Å². The zero-order valence-electron chi connectivity index (χ0n) is 13.3. The lowest BCUT2D eigenvalue weighted by Gasteiger charge is -2.07. The predicted molar refractivity (Wildman–Crippen MR) is 101 cm³/mol. The number of thiazole rings is 1. The molecule has 9 nitrogen and oxygen atoms in total. The van der Waals surface area contributed by atoms with Gasteiger partial charge in [-0.25, -0.2) is 18.1 Å². The maximum atomic E-state index is 12.1. The van der Waals surface area contributed by atoms with Gasteiger partial charge in [0.2, 0.25) is 15.9 Å². The number of hydrogen-bond acceptors (Lipinski definition) is 7. The van der Waals surface area contributed by atoms with Crippen molar-refractivity contribution in [3.8, 4) is 0 Å². The molecule has 2 N–H and O–H groups in total. The van der Waals surface area contributed by atoms with E-state index in [0.29, 0.717) is 17.3 Å². The first-order chi connectivity index (χ1) is 12.3. The molecule has 0 spiro atoms. The second-order valence-corrected chi connectivity index (χ2v) is 8.81. The lowest BCUT2D eigenvalue weighted by Crippen LogP contribution is -2.25. The number of nitro groups is 1. The fraction of sp³-hybridized carbons (Fsp3) is 0.286. The van der Waals surface area contributed by atoms with Crippen LogP contribution in [0.15, 0.2) is 39.8 Å². The average molecular weight is 463 g/mol. The Morgan fingerprint density at radius 2 is 2.12 bits per heavy atom. The van der Waals surface area contributed by atoms with Gasteiger partial charge in [0, 0.05) is 17.4 Å². The summed E-state index contributed by atoms with van der Waals surface area (Å²) in [6.07, 6.45) is 2.17. The van der Waals surface area contributed by atoms with E-state index in [2.05, 4.69) is 31.0 Å². The molecule has 0 atom stereocenters. The van der Waals surface area contributed by atoms with Gasteiger partial charge in [-0.05, 0) is 42.4 Å². The standard InChI is InChI=1S/C14H15BrN4O5S2/c15-10-4-3-5-11(8-10)26(23,24)17-7-2-1-6-12(20)18-14-16-9-13(25-14)19(21)22/h3-5,8-9,17H,1-2,6-7H2,(H,16,18,20). The van der Waals surface area contributed by atoms with Gasteiger partial charge in [0.05, 0.1) is 9.82 Å². The van der Waals surface area contributed by atoms with Crippen LogP contribution in [0.2, 0.25) is 0 Å². The van der Waals surface area contributed by atoms with Crippen molar-refractivity contribution in [1.82, 2.24) is 9.71 Å². The fourth-order valence-corrected chi connectivity index (χ4v) is 4.24. The van der Waals surface area contributed by atoms with Gasteiger partial charge in [0.1, 0.15) is 6.20 Å². The van der Waals surface area contributed by atoms with Crippen LogP contribution in [0.1, 0.15) is 19.3 Å². The van der Waals surface area contributed by atoms with E-state index >= 15 is 0 Å². The smallest absolute Gasteiger partial charge is 0.302 e. The van der Waals surface area contributed by atoms with E-state index in [-0.39, 0.29) is 33.9 Å². The zero-order chi connectivity index (χ0) is 19.2. The summed E-state index contributed by atoms with van der Waals surface area (Å²) in [6.45, 7) is 0.199. The largest absolute Gasteiger partial charge is 0.345 e. The first kappa shape index (κ1) is 20.4. The van der Waals surface area contributed by atoms with Crippen LogP contribution in [0.4, 0.5) is 10.1 Å². The van der Waals surface area contributed by atoms with Gasteiger partial charge in [0.15, 0.2) is 5.13 Å². The van der Waals surface area contributed by atoms with Gasteiger partial charge in [-0.15, -0.1) is 0 Å². The van der Waals surface area contributed by atoms with Gasteiger partial charge >= 0.3 is 5.00 Å². The molecule has 0 unspecified atom stereocenters. The number of amides is 1. The molecule has 26 heavy (non-hydrogen) atoms. The minimum absolute atomic E-state index is 0.151. The summed E-state index contributed by atoms with van der Waals surface area (Å²) in [5, 5.41) is 13.0. The van der Waals surface area contributed by atoms with Crippen molar-refractivity contribution in [3.05, 3.63) is 45.0 Å². The summed E-state index contributed by atoms with van der Waals surface area (Å²) in [5.74, 6) is -0.330. The number of carbonyl (C=O) groups excluding carboxylic acids is 1. The monoisotopic (exact) mass is 462 g/mol. The van der Waals surface area contributed by atoms with Crippen LogP contribution in [0, 0.1) is 10.1 Å². The zero-order valence-corrected chi connectivity index (χ0v) is 16.6. The average Bonchev–Trinajstić information content (AvgIpc) is 3.03. The minimum atomic E-state index is -3.59. The van der Waals surface area contributed by atoms with Crippen LogP contribution in [-0.2, 0) is 14.8 Å². The van der Waals surface area contributed by atoms with Crippen LogP contribution in [0.3, 0.4) is 0 Å². The maximum absolute atomic E-state index is 12.1. The number of aromatic nitrogens is 1. The molecular weight excluding hydrogens is 448 g/mol. The number of carbonyl (C=O) groups is 1. The highest BCUT2D eigenvalue weighted by Gasteiger charge is 2.15. The van der Waals surface area contributed by atoms with Crippen molar-refractivity contribution in [2.75, 3.05) is 11.9 Å². The number of rotatable bonds is 9. The number of halogens is 1. The van der Waals surface area contributed by atoms with E-state index in [4.69, 9.17) is 0 Å². The molecule has 2 aromatic rings. The molecule has 0 aliphatic rings. The Kier molecular flexibility index (Phi) is 7.20. The Balaban J connectivity index is 1.71. The second kappa shape index (κ2) is 9.16. The van der Waals surface area contributed by atoms with Crippen LogP contribution in [0.5, 0.6) is 0 Å². The number of hydrogen-bond donors (Lipinski definition) is 2. The summed E-state index contributed by atoms with van der Waals surface area (Å²) in [5.41, 5.74) is 0. The van der Waals surface area contributed by atoms with E-state index in [1.54, 1.807) is 12.1 Å². The van der Waals surface area contributed by atoms with E-state index < -0.39 is 14.9 Å². The molecule has 2 rings (SSSR count). The van der Waals surface area contributed by atoms with Crippen molar-refractivity contribution < 1.29 is 18.1 Å². The highest BCUT2D eigenvalue weighted by Crippen LogP contribution is 2.25. The Labute approximate surface area is 162 Å². The first-order valence-electron chi connectivity index (χ1n) is 7.43. The van der Waals surface area contributed by atoms with E-state index in [1.165, 1.54) is 12.1 Å². The van der Waals surface area contributed by atoms with Crippen LogP contribution in [-0.4, -0.2) is 30.8 Å².